The molecule has 7 nitrogen and oxygen atoms in total. The first-order valence-electron chi connectivity index (χ1n) is 13.4. The molecule has 3 aliphatic rings. The van der Waals surface area contributed by atoms with Gasteiger partial charge in [0.05, 0.1) is 37.5 Å². The molecule has 3 N–H and O–H groups in total. The van der Waals surface area contributed by atoms with Gasteiger partial charge in [-0.3, -0.25) is 4.90 Å². The van der Waals surface area contributed by atoms with Crippen molar-refractivity contribution in [2.24, 2.45) is 0 Å². The van der Waals surface area contributed by atoms with E-state index in [-0.39, 0.29) is 35.9 Å². The standard InChI is InChI=1S/C29H41NO6Si/c1-28(2,3)37(19-12-8-6-9-13-19,20-14-10-7-11-15-20)34-18-22-23(32)16-21-26-27(36-29(4,5)35-26)25(30(21)22)24(33)17-31/h6-15,21-27,31-33H,16-18H2,1-5H3/t21-,22-,23-,24+,25-,26+,27-/m0/s1. The molecule has 0 saturated carbocycles. The second kappa shape index (κ2) is 9.84. The van der Waals surface area contributed by atoms with Crippen LogP contribution in [0.4, 0.5) is 0 Å². The van der Waals surface area contributed by atoms with Crippen LogP contribution in [-0.4, -0.2) is 90.1 Å². The van der Waals surface area contributed by atoms with Gasteiger partial charge in [-0.05, 0) is 35.7 Å². The highest BCUT2D eigenvalue weighted by atomic mass is 28.4. The predicted octanol–water partition coefficient (Wildman–Crippen LogP) is 1.62. The number of nitrogens with zero attached hydrogens (tertiary/aromatic N) is 1. The van der Waals surface area contributed by atoms with Gasteiger partial charge in [0.1, 0.15) is 12.2 Å². The van der Waals surface area contributed by atoms with Crippen molar-refractivity contribution in [1.29, 1.82) is 0 Å². The fraction of sp³-hybridized carbons (Fsp3) is 0.586. The SMILES string of the molecule is CC1(C)O[C@@H]2[C@H](O1)[C@@H]1C[C@H](O)[C@H](CO[Si](c3ccccc3)(c3ccccc3)C(C)(C)C)N1[C@H]2[C@H](O)CO. The molecule has 8 heteroatoms. The van der Waals surface area contributed by atoms with Crippen molar-refractivity contribution in [3.8, 4) is 0 Å². The summed E-state index contributed by atoms with van der Waals surface area (Å²) < 4.78 is 19.6. The fourth-order valence-electron chi connectivity index (χ4n) is 6.96. The molecule has 3 fully saturated rings. The predicted molar refractivity (Wildman–Crippen MR) is 144 cm³/mol. The molecule has 0 aliphatic carbocycles. The second-order valence-electron chi connectivity index (χ2n) is 12.2. The lowest BCUT2D eigenvalue weighted by molar-refractivity contribution is -0.175. The average Bonchev–Trinajstić information content (AvgIpc) is 3.44. The Morgan fingerprint density at radius 2 is 1.54 bits per heavy atom. The van der Waals surface area contributed by atoms with Gasteiger partial charge < -0.3 is 29.2 Å². The molecule has 0 bridgehead atoms. The van der Waals surface area contributed by atoms with Gasteiger partial charge in [-0.1, -0.05) is 81.4 Å². The molecule has 0 aromatic heterocycles. The van der Waals surface area contributed by atoms with E-state index in [1.165, 1.54) is 10.4 Å². The first kappa shape index (κ1) is 27.0. The van der Waals surface area contributed by atoms with Crippen molar-refractivity contribution in [2.45, 2.75) is 94.4 Å². The summed E-state index contributed by atoms with van der Waals surface area (Å²) in [6.07, 6.45) is -1.83. The molecular weight excluding hydrogens is 486 g/mol. The van der Waals surface area contributed by atoms with Crippen LogP contribution in [0.5, 0.6) is 0 Å². The normalized spacial score (nSPS) is 32.3. The van der Waals surface area contributed by atoms with Crippen molar-refractivity contribution < 1.29 is 29.2 Å². The van der Waals surface area contributed by atoms with Crippen LogP contribution in [0.3, 0.4) is 0 Å². The molecule has 2 aromatic rings. The lowest BCUT2D eigenvalue weighted by Crippen LogP contribution is -2.67. The minimum Gasteiger partial charge on any atom is -0.406 e. The van der Waals surface area contributed by atoms with E-state index >= 15 is 0 Å². The Morgan fingerprint density at radius 3 is 2.05 bits per heavy atom. The van der Waals surface area contributed by atoms with Gasteiger partial charge in [0.2, 0.25) is 0 Å². The summed E-state index contributed by atoms with van der Waals surface area (Å²) in [6, 6.07) is 19.9. The summed E-state index contributed by atoms with van der Waals surface area (Å²) in [4.78, 5) is 2.12. The largest absolute Gasteiger partial charge is 0.406 e. The van der Waals surface area contributed by atoms with Crippen LogP contribution in [0.25, 0.3) is 0 Å². The minimum atomic E-state index is -2.81. The minimum absolute atomic E-state index is 0.124. The van der Waals surface area contributed by atoms with Gasteiger partial charge in [0.25, 0.3) is 8.32 Å². The Morgan fingerprint density at radius 1 is 1.00 bits per heavy atom. The summed E-state index contributed by atoms with van der Waals surface area (Å²) in [7, 11) is -2.81. The third kappa shape index (κ3) is 4.51. The second-order valence-corrected chi connectivity index (χ2v) is 16.5. The maximum absolute atomic E-state index is 11.3. The molecule has 0 amide bonds. The molecule has 202 valence electrons. The van der Waals surface area contributed by atoms with Crippen molar-refractivity contribution in [3.63, 3.8) is 0 Å². The number of aliphatic hydroxyl groups excluding tert-OH is 3. The zero-order valence-electron chi connectivity index (χ0n) is 22.4. The molecule has 2 aromatic carbocycles. The van der Waals surface area contributed by atoms with Crippen LogP contribution >= 0.6 is 0 Å². The maximum atomic E-state index is 11.3. The molecule has 5 rings (SSSR count). The highest BCUT2D eigenvalue weighted by molar-refractivity contribution is 6.99. The third-order valence-corrected chi connectivity index (χ3v) is 13.4. The van der Waals surface area contributed by atoms with Crippen molar-refractivity contribution >= 4 is 18.7 Å². The Balaban J connectivity index is 1.51. The zero-order valence-corrected chi connectivity index (χ0v) is 23.4. The number of hydrogen-bond acceptors (Lipinski definition) is 7. The van der Waals surface area contributed by atoms with E-state index in [9.17, 15) is 15.3 Å². The number of hydrogen-bond donors (Lipinski definition) is 3. The summed E-state index contributed by atoms with van der Waals surface area (Å²) in [5.74, 6) is -0.774. The highest BCUT2D eigenvalue weighted by Crippen LogP contribution is 2.48. The number of ether oxygens (including phenoxy) is 2. The number of aliphatic hydroxyl groups is 3. The smallest absolute Gasteiger partial charge is 0.261 e. The Hall–Kier alpha value is -1.62. The highest BCUT2D eigenvalue weighted by Gasteiger charge is 2.64. The van der Waals surface area contributed by atoms with Gasteiger partial charge in [0, 0.05) is 6.04 Å². The molecular formula is C29H41NO6Si. The van der Waals surface area contributed by atoms with Gasteiger partial charge in [-0.2, -0.15) is 0 Å². The van der Waals surface area contributed by atoms with Gasteiger partial charge in [-0.25, -0.2) is 0 Å². The van der Waals surface area contributed by atoms with E-state index in [0.29, 0.717) is 13.0 Å². The Labute approximate surface area is 221 Å². The first-order chi connectivity index (χ1) is 17.5. The van der Waals surface area contributed by atoms with Crippen LogP contribution in [0, 0.1) is 0 Å². The topological polar surface area (TPSA) is 91.6 Å². The van der Waals surface area contributed by atoms with Crippen LogP contribution in [0.1, 0.15) is 41.0 Å². The molecule has 3 saturated heterocycles. The zero-order chi connectivity index (χ0) is 26.6. The van der Waals surface area contributed by atoms with E-state index in [1.54, 1.807) is 0 Å². The summed E-state index contributed by atoms with van der Waals surface area (Å²) in [6.45, 7) is 10.3. The molecule has 0 radical (unpaired) electrons. The third-order valence-electron chi connectivity index (χ3n) is 8.39. The fourth-order valence-corrected chi connectivity index (χ4v) is 11.5. The summed E-state index contributed by atoms with van der Waals surface area (Å²) in [5.41, 5.74) is 0. The van der Waals surface area contributed by atoms with Crippen LogP contribution in [0.2, 0.25) is 5.04 Å². The number of fused-ring (bicyclic) bond motifs is 3. The van der Waals surface area contributed by atoms with E-state index in [4.69, 9.17) is 13.9 Å². The molecule has 7 atom stereocenters. The molecule has 0 unspecified atom stereocenters. The van der Waals surface area contributed by atoms with E-state index in [1.807, 2.05) is 26.0 Å². The quantitative estimate of drug-likeness (QED) is 0.472. The van der Waals surface area contributed by atoms with Crippen molar-refractivity contribution in [2.75, 3.05) is 13.2 Å². The Kier molecular flexibility index (Phi) is 7.17. The number of benzene rings is 2. The van der Waals surface area contributed by atoms with Gasteiger partial charge in [-0.15, -0.1) is 0 Å². The Bertz CT molecular complexity index is 1020. The first-order valence-corrected chi connectivity index (χ1v) is 15.3. The van der Waals surface area contributed by atoms with E-state index < -0.39 is 32.4 Å². The lowest BCUT2D eigenvalue weighted by atomic mass is 9.99. The van der Waals surface area contributed by atoms with Crippen molar-refractivity contribution in [1.82, 2.24) is 4.90 Å². The summed E-state index contributed by atoms with van der Waals surface area (Å²) in [5, 5.41) is 34.3. The number of rotatable bonds is 7. The van der Waals surface area contributed by atoms with Crippen LogP contribution in [-0.2, 0) is 13.9 Å². The van der Waals surface area contributed by atoms with Gasteiger partial charge in [0.15, 0.2) is 5.79 Å². The molecule has 37 heavy (non-hydrogen) atoms. The lowest BCUT2D eigenvalue weighted by Gasteiger charge is -2.45. The monoisotopic (exact) mass is 527 g/mol. The average molecular weight is 528 g/mol. The molecule has 0 spiro atoms. The molecule has 3 heterocycles. The van der Waals surface area contributed by atoms with E-state index in [0.717, 1.165) is 0 Å². The van der Waals surface area contributed by atoms with Crippen LogP contribution < -0.4 is 10.4 Å². The van der Waals surface area contributed by atoms with Crippen LogP contribution in [0.15, 0.2) is 60.7 Å². The van der Waals surface area contributed by atoms with Gasteiger partial charge >= 0.3 is 0 Å². The van der Waals surface area contributed by atoms with E-state index in [2.05, 4.69) is 74.2 Å². The van der Waals surface area contributed by atoms with Crippen molar-refractivity contribution in [3.05, 3.63) is 60.7 Å². The molecule has 3 aliphatic heterocycles. The summed E-state index contributed by atoms with van der Waals surface area (Å²) >= 11 is 0. The maximum Gasteiger partial charge on any atom is 0.261 e.